The van der Waals surface area contributed by atoms with Gasteiger partial charge < -0.3 is 4.98 Å². The number of aromatic amines is 1. The number of rotatable bonds is 2. The lowest BCUT2D eigenvalue weighted by atomic mass is 10.2. The van der Waals surface area contributed by atoms with Gasteiger partial charge in [0.2, 0.25) is 0 Å². The van der Waals surface area contributed by atoms with E-state index in [9.17, 15) is 0 Å². The van der Waals surface area contributed by atoms with Crippen LogP contribution in [-0.2, 0) is 0 Å². The monoisotopic (exact) mass is 183 g/mol. The van der Waals surface area contributed by atoms with Gasteiger partial charge in [-0.2, -0.15) is 5.26 Å². The van der Waals surface area contributed by atoms with Crippen LogP contribution < -0.4 is 0 Å². The highest BCUT2D eigenvalue weighted by Gasteiger charge is 1.94. The molecule has 0 aliphatic carbocycles. The summed E-state index contributed by atoms with van der Waals surface area (Å²) in [6, 6.07) is 8.01. The second-order valence-corrected chi connectivity index (χ2v) is 2.94. The van der Waals surface area contributed by atoms with Gasteiger partial charge in [0.15, 0.2) is 0 Å². The number of hydrogen-bond acceptors (Lipinski definition) is 2. The maximum Gasteiger partial charge on any atom is 0.0931 e. The first-order valence-corrected chi connectivity index (χ1v) is 4.37. The third kappa shape index (κ3) is 1.64. The van der Waals surface area contributed by atoms with Crippen molar-refractivity contribution in [2.45, 2.75) is 6.42 Å². The van der Waals surface area contributed by atoms with Crippen molar-refractivity contribution in [3.05, 3.63) is 36.2 Å². The van der Waals surface area contributed by atoms with Crippen LogP contribution in [0.2, 0.25) is 0 Å². The smallest absolute Gasteiger partial charge is 0.0931 e. The van der Waals surface area contributed by atoms with E-state index in [0.717, 1.165) is 16.6 Å². The molecule has 0 saturated carbocycles. The molecule has 0 unspecified atom stereocenters. The Balaban J connectivity index is 2.31. The first-order valence-electron chi connectivity index (χ1n) is 4.37. The van der Waals surface area contributed by atoms with Crippen LogP contribution in [0.15, 0.2) is 30.6 Å². The molecule has 1 aromatic carbocycles. The summed E-state index contributed by atoms with van der Waals surface area (Å²) in [5, 5.41) is 8.37. The molecule has 2 aromatic rings. The van der Waals surface area contributed by atoms with E-state index in [1.165, 1.54) is 0 Å². The number of nitrogens with one attached hydrogen (secondary N) is 1. The van der Waals surface area contributed by atoms with Gasteiger partial charge in [0.25, 0.3) is 0 Å². The standard InChI is InChI=1S/C11H9N3/c12-6-2-1-3-9-4-5-10-11(7-9)14-8-13-10/h1,3-5,7-8H,2H2,(H,13,14). The predicted octanol–water partition coefficient (Wildman–Crippen LogP) is 2.49. The van der Waals surface area contributed by atoms with Crippen molar-refractivity contribution in [2.24, 2.45) is 0 Å². The molecule has 0 atom stereocenters. The molecule has 0 fully saturated rings. The molecule has 3 nitrogen and oxygen atoms in total. The van der Waals surface area contributed by atoms with Crippen molar-refractivity contribution < 1.29 is 0 Å². The summed E-state index contributed by atoms with van der Waals surface area (Å²) in [6.07, 6.45) is 5.90. The van der Waals surface area contributed by atoms with Crippen molar-refractivity contribution >= 4 is 17.1 Å². The quantitative estimate of drug-likeness (QED) is 0.777. The van der Waals surface area contributed by atoms with Crippen LogP contribution in [0.1, 0.15) is 12.0 Å². The number of imidazole rings is 1. The topological polar surface area (TPSA) is 52.5 Å². The molecule has 1 heterocycles. The molecular formula is C11H9N3. The van der Waals surface area contributed by atoms with E-state index in [4.69, 9.17) is 5.26 Å². The zero-order chi connectivity index (χ0) is 9.80. The Morgan fingerprint density at radius 1 is 1.50 bits per heavy atom. The number of aromatic nitrogens is 2. The lowest BCUT2D eigenvalue weighted by molar-refractivity contribution is 1.34. The van der Waals surface area contributed by atoms with Crippen molar-refractivity contribution in [3.8, 4) is 6.07 Å². The van der Waals surface area contributed by atoms with Crippen LogP contribution in [0.4, 0.5) is 0 Å². The van der Waals surface area contributed by atoms with Crippen molar-refractivity contribution in [1.82, 2.24) is 9.97 Å². The average molecular weight is 183 g/mol. The summed E-state index contributed by atoms with van der Waals surface area (Å²) in [4.78, 5) is 7.16. The maximum absolute atomic E-state index is 8.37. The van der Waals surface area contributed by atoms with E-state index in [0.29, 0.717) is 6.42 Å². The number of benzene rings is 1. The fraction of sp³-hybridized carbons (Fsp3) is 0.0909. The van der Waals surface area contributed by atoms with E-state index < -0.39 is 0 Å². The van der Waals surface area contributed by atoms with Gasteiger partial charge in [-0.3, -0.25) is 0 Å². The number of nitrogens with zero attached hydrogens (tertiary/aromatic N) is 2. The van der Waals surface area contributed by atoms with Gasteiger partial charge in [0.05, 0.1) is 29.9 Å². The minimum absolute atomic E-state index is 0.445. The van der Waals surface area contributed by atoms with E-state index in [1.54, 1.807) is 6.33 Å². The fourth-order valence-corrected chi connectivity index (χ4v) is 1.30. The van der Waals surface area contributed by atoms with Crippen LogP contribution in [0.5, 0.6) is 0 Å². The molecule has 1 aromatic heterocycles. The summed E-state index contributed by atoms with van der Waals surface area (Å²) in [7, 11) is 0. The summed E-state index contributed by atoms with van der Waals surface area (Å²) in [6.45, 7) is 0. The second-order valence-electron chi connectivity index (χ2n) is 2.94. The molecule has 0 aliphatic heterocycles. The molecule has 3 heteroatoms. The van der Waals surface area contributed by atoms with Crippen LogP contribution in [-0.4, -0.2) is 9.97 Å². The van der Waals surface area contributed by atoms with Gasteiger partial charge in [-0.15, -0.1) is 0 Å². The molecule has 0 aliphatic rings. The summed E-state index contributed by atoms with van der Waals surface area (Å²) in [5.41, 5.74) is 3.06. The highest BCUT2D eigenvalue weighted by atomic mass is 14.9. The average Bonchev–Trinajstić information content (AvgIpc) is 2.65. The van der Waals surface area contributed by atoms with Crippen LogP contribution in [0.3, 0.4) is 0 Å². The second kappa shape index (κ2) is 3.75. The van der Waals surface area contributed by atoms with E-state index in [-0.39, 0.29) is 0 Å². The van der Waals surface area contributed by atoms with Crippen LogP contribution in [0.25, 0.3) is 17.1 Å². The summed E-state index contributed by atoms with van der Waals surface area (Å²) >= 11 is 0. The number of H-pyrrole nitrogens is 1. The van der Waals surface area contributed by atoms with E-state index in [1.807, 2.05) is 30.4 Å². The number of hydrogen-bond donors (Lipinski definition) is 1. The summed E-state index contributed by atoms with van der Waals surface area (Å²) < 4.78 is 0. The van der Waals surface area contributed by atoms with E-state index >= 15 is 0 Å². The van der Waals surface area contributed by atoms with Gasteiger partial charge >= 0.3 is 0 Å². The molecule has 68 valence electrons. The molecule has 0 saturated heterocycles. The number of nitriles is 1. The Morgan fingerprint density at radius 3 is 3.29 bits per heavy atom. The van der Waals surface area contributed by atoms with Gasteiger partial charge in [0.1, 0.15) is 0 Å². The Kier molecular flexibility index (Phi) is 2.28. The maximum atomic E-state index is 8.37. The van der Waals surface area contributed by atoms with Crippen molar-refractivity contribution in [1.29, 1.82) is 5.26 Å². The highest BCUT2D eigenvalue weighted by Crippen LogP contribution is 2.12. The van der Waals surface area contributed by atoms with Crippen LogP contribution >= 0.6 is 0 Å². The van der Waals surface area contributed by atoms with Crippen molar-refractivity contribution in [3.63, 3.8) is 0 Å². The fourth-order valence-electron chi connectivity index (χ4n) is 1.30. The minimum Gasteiger partial charge on any atom is -0.345 e. The zero-order valence-corrected chi connectivity index (χ0v) is 7.57. The summed E-state index contributed by atoms with van der Waals surface area (Å²) in [5.74, 6) is 0. The minimum atomic E-state index is 0.445. The molecule has 0 spiro atoms. The Hall–Kier alpha value is -2.08. The van der Waals surface area contributed by atoms with Gasteiger partial charge in [-0.25, -0.2) is 4.98 Å². The third-order valence-electron chi connectivity index (χ3n) is 1.96. The molecule has 1 N–H and O–H groups in total. The van der Waals surface area contributed by atoms with Gasteiger partial charge in [-0.05, 0) is 17.7 Å². The first kappa shape index (κ1) is 8.52. The highest BCUT2D eigenvalue weighted by molar-refractivity contribution is 5.77. The molecule has 0 radical (unpaired) electrons. The van der Waals surface area contributed by atoms with E-state index in [2.05, 4.69) is 16.0 Å². The Bertz CT molecular complexity index is 502. The molecular weight excluding hydrogens is 174 g/mol. The number of fused-ring (bicyclic) bond motifs is 1. The van der Waals surface area contributed by atoms with Gasteiger partial charge in [0, 0.05) is 0 Å². The molecule has 0 amide bonds. The third-order valence-corrected chi connectivity index (χ3v) is 1.96. The lowest BCUT2D eigenvalue weighted by Crippen LogP contribution is -1.73. The Morgan fingerprint density at radius 2 is 2.43 bits per heavy atom. The van der Waals surface area contributed by atoms with Gasteiger partial charge in [-0.1, -0.05) is 18.2 Å². The Labute approximate surface area is 81.7 Å². The SMILES string of the molecule is N#CCC=Cc1ccc2nc[nH]c2c1. The molecule has 2 rings (SSSR count). The van der Waals surface area contributed by atoms with Crippen LogP contribution in [0, 0.1) is 11.3 Å². The first-order chi connectivity index (χ1) is 6.90. The lowest BCUT2D eigenvalue weighted by Gasteiger charge is -1.92. The predicted molar refractivity (Wildman–Crippen MR) is 55.4 cm³/mol. The number of allylic oxidation sites excluding steroid dienone is 1. The van der Waals surface area contributed by atoms with Crippen molar-refractivity contribution in [2.75, 3.05) is 0 Å². The zero-order valence-electron chi connectivity index (χ0n) is 7.57. The molecule has 14 heavy (non-hydrogen) atoms. The largest absolute Gasteiger partial charge is 0.345 e. The normalized spacial score (nSPS) is 10.8. The molecule has 0 bridgehead atoms.